The lowest BCUT2D eigenvalue weighted by atomic mass is 10.2. The van der Waals surface area contributed by atoms with Gasteiger partial charge in [-0.1, -0.05) is 18.2 Å². The van der Waals surface area contributed by atoms with Crippen molar-refractivity contribution in [3.63, 3.8) is 0 Å². The van der Waals surface area contributed by atoms with E-state index < -0.39 is 0 Å². The third kappa shape index (κ3) is 1.46. The van der Waals surface area contributed by atoms with Crippen molar-refractivity contribution in [2.24, 2.45) is 0 Å². The summed E-state index contributed by atoms with van der Waals surface area (Å²) in [6.45, 7) is 2.13. The van der Waals surface area contributed by atoms with Gasteiger partial charge in [0.2, 0.25) is 0 Å². The lowest BCUT2D eigenvalue weighted by Crippen LogP contribution is -2.02. The minimum atomic E-state index is 0.743. The third-order valence-electron chi connectivity index (χ3n) is 3.01. The Hall–Kier alpha value is -1.57. The van der Waals surface area contributed by atoms with Gasteiger partial charge in [0.05, 0.1) is 5.69 Å². The van der Waals surface area contributed by atoms with Crippen LogP contribution in [0.5, 0.6) is 0 Å². The van der Waals surface area contributed by atoms with Crippen LogP contribution in [0.15, 0.2) is 36.5 Å². The standard InChI is InChI=1S/C13H14N2/c1-10-4-2-3-5-12(10)15-13(8-9-14-15)11-6-7-11/h2-5,8-9,11H,6-7H2,1H3. The molecule has 0 spiro atoms. The molecule has 0 unspecified atom stereocenters. The summed E-state index contributed by atoms with van der Waals surface area (Å²) in [5, 5.41) is 4.43. The fraction of sp³-hybridized carbons (Fsp3) is 0.308. The molecule has 2 aromatic rings. The Morgan fingerprint density at radius 3 is 2.73 bits per heavy atom. The van der Waals surface area contributed by atoms with Crippen LogP contribution in [0.3, 0.4) is 0 Å². The molecule has 0 amide bonds. The van der Waals surface area contributed by atoms with Gasteiger partial charge >= 0.3 is 0 Å². The first-order valence-electron chi connectivity index (χ1n) is 5.46. The van der Waals surface area contributed by atoms with E-state index >= 15 is 0 Å². The molecule has 1 fully saturated rings. The predicted octanol–water partition coefficient (Wildman–Crippen LogP) is 3.06. The van der Waals surface area contributed by atoms with Gasteiger partial charge < -0.3 is 0 Å². The first-order chi connectivity index (χ1) is 7.36. The maximum atomic E-state index is 4.43. The molecule has 1 saturated carbocycles. The van der Waals surface area contributed by atoms with E-state index in [0.717, 1.165) is 5.92 Å². The second-order valence-corrected chi connectivity index (χ2v) is 4.23. The summed E-state index contributed by atoms with van der Waals surface area (Å²) in [5.74, 6) is 0.743. The largest absolute Gasteiger partial charge is 0.237 e. The molecule has 1 aromatic carbocycles. The average molecular weight is 198 g/mol. The Balaban J connectivity index is 2.12. The summed E-state index contributed by atoms with van der Waals surface area (Å²) >= 11 is 0. The summed E-state index contributed by atoms with van der Waals surface area (Å²) in [4.78, 5) is 0. The van der Waals surface area contributed by atoms with Crippen molar-refractivity contribution in [2.45, 2.75) is 25.7 Å². The second-order valence-electron chi connectivity index (χ2n) is 4.23. The molecule has 2 nitrogen and oxygen atoms in total. The van der Waals surface area contributed by atoms with Gasteiger partial charge in [-0.15, -0.1) is 0 Å². The van der Waals surface area contributed by atoms with E-state index in [0.29, 0.717) is 0 Å². The summed E-state index contributed by atoms with van der Waals surface area (Å²) in [6.07, 6.45) is 4.54. The maximum absolute atomic E-state index is 4.43. The van der Waals surface area contributed by atoms with Crippen LogP contribution in [0.1, 0.15) is 30.0 Å². The highest BCUT2D eigenvalue weighted by atomic mass is 15.3. The number of nitrogens with zero attached hydrogens (tertiary/aromatic N) is 2. The van der Waals surface area contributed by atoms with Crippen molar-refractivity contribution in [1.82, 2.24) is 9.78 Å². The fourth-order valence-corrected chi connectivity index (χ4v) is 2.00. The van der Waals surface area contributed by atoms with Crippen LogP contribution in [0.25, 0.3) is 5.69 Å². The third-order valence-corrected chi connectivity index (χ3v) is 3.01. The van der Waals surface area contributed by atoms with E-state index in [1.54, 1.807) is 0 Å². The number of hydrogen-bond acceptors (Lipinski definition) is 1. The SMILES string of the molecule is Cc1ccccc1-n1nccc1C1CC1. The zero-order valence-corrected chi connectivity index (χ0v) is 8.85. The Morgan fingerprint density at radius 1 is 1.20 bits per heavy atom. The Bertz CT molecular complexity index is 481. The van der Waals surface area contributed by atoms with Gasteiger partial charge in [0.15, 0.2) is 0 Å². The van der Waals surface area contributed by atoms with Crippen molar-refractivity contribution in [3.8, 4) is 5.69 Å². The molecule has 0 N–H and O–H groups in total. The van der Waals surface area contributed by atoms with E-state index in [4.69, 9.17) is 0 Å². The van der Waals surface area contributed by atoms with Crippen molar-refractivity contribution >= 4 is 0 Å². The van der Waals surface area contributed by atoms with Crippen LogP contribution < -0.4 is 0 Å². The predicted molar refractivity (Wildman–Crippen MR) is 60.3 cm³/mol. The second kappa shape index (κ2) is 3.23. The molecule has 0 radical (unpaired) electrons. The topological polar surface area (TPSA) is 17.8 Å². The van der Waals surface area contributed by atoms with Crippen LogP contribution in [0.4, 0.5) is 0 Å². The van der Waals surface area contributed by atoms with E-state index in [2.05, 4.69) is 47.0 Å². The summed E-state index contributed by atoms with van der Waals surface area (Å²) in [6, 6.07) is 10.5. The molecule has 15 heavy (non-hydrogen) atoms. The average Bonchev–Trinajstić information content (AvgIpc) is 2.98. The molecule has 1 aliphatic rings. The first kappa shape index (κ1) is 8.72. The zero-order valence-electron chi connectivity index (χ0n) is 8.85. The number of aromatic nitrogens is 2. The van der Waals surface area contributed by atoms with E-state index in [1.807, 2.05) is 6.20 Å². The quantitative estimate of drug-likeness (QED) is 0.725. The Morgan fingerprint density at radius 2 is 2.00 bits per heavy atom. The van der Waals surface area contributed by atoms with Crippen molar-refractivity contribution in [3.05, 3.63) is 47.8 Å². The van der Waals surface area contributed by atoms with Crippen molar-refractivity contribution < 1.29 is 0 Å². The van der Waals surface area contributed by atoms with Crippen LogP contribution in [-0.4, -0.2) is 9.78 Å². The molecule has 0 atom stereocenters. The molecule has 3 rings (SSSR count). The van der Waals surface area contributed by atoms with Gasteiger partial charge in [-0.2, -0.15) is 5.10 Å². The van der Waals surface area contributed by atoms with Gasteiger partial charge in [-0.25, -0.2) is 4.68 Å². The number of para-hydroxylation sites is 1. The van der Waals surface area contributed by atoms with Gasteiger partial charge in [-0.05, 0) is 37.5 Å². The lowest BCUT2D eigenvalue weighted by molar-refractivity contribution is 0.803. The molecule has 0 bridgehead atoms. The number of aryl methyl sites for hydroxylation is 1. The summed E-state index contributed by atoms with van der Waals surface area (Å²) < 4.78 is 2.09. The van der Waals surface area contributed by atoms with Gasteiger partial charge in [0.1, 0.15) is 0 Å². The molecular formula is C13H14N2. The van der Waals surface area contributed by atoms with Crippen LogP contribution in [0.2, 0.25) is 0 Å². The molecule has 0 saturated heterocycles. The van der Waals surface area contributed by atoms with Gasteiger partial charge in [0.25, 0.3) is 0 Å². The van der Waals surface area contributed by atoms with E-state index in [-0.39, 0.29) is 0 Å². The molecule has 0 aliphatic heterocycles. The highest BCUT2D eigenvalue weighted by Crippen LogP contribution is 2.40. The van der Waals surface area contributed by atoms with Crippen LogP contribution >= 0.6 is 0 Å². The van der Waals surface area contributed by atoms with E-state index in [9.17, 15) is 0 Å². The minimum absolute atomic E-state index is 0.743. The van der Waals surface area contributed by atoms with Crippen molar-refractivity contribution in [1.29, 1.82) is 0 Å². The summed E-state index contributed by atoms with van der Waals surface area (Å²) in [5.41, 5.74) is 3.86. The van der Waals surface area contributed by atoms with E-state index in [1.165, 1.54) is 29.8 Å². The van der Waals surface area contributed by atoms with Gasteiger partial charge in [-0.3, -0.25) is 0 Å². The smallest absolute Gasteiger partial charge is 0.0678 e. The first-order valence-corrected chi connectivity index (χ1v) is 5.46. The highest BCUT2D eigenvalue weighted by Gasteiger charge is 2.27. The van der Waals surface area contributed by atoms with Crippen molar-refractivity contribution in [2.75, 3.05) is 0 Å². The maximum Gasteiger partial charge on any atom is 0.0678 e. The number of hydrogen-bond donors (Lipinski definition) is 0. The van der Waals surface area contributed by atoms with Gasteiger partial charge in [0, 0.05) is 17.8 Å². The summed E-state index contributed by atoms with van der Waals surface area (Å²) in [7, 11) is 0. The van der Waals surface area contributed by atoms with Crippen LogP contribution in [0, 0.1) is 6.92 Å². The highest BCUT2D eigenvalue weighted by molar-refractivity contribution is 5.41. The van der Waals surface area contributed by atoms with Crippen LogP contribution in [-0.2, 0) is 0 Å². The lowest BCUT2D eigenvalue weighted by Gasteiger charge is -2.09. The molecular weight excluding hydrogens is 184 g/mol. The Kier molecular flexibility index (Phi) is 1.88. The molecule has 76 valence electrons. The molecule has 1 aromatic heterocycles. The number of rotatable bonds is 2. The normalized spacial score (nSPS) is 15.5. The Labute approximate surface area is 89.5 Å². The molecule has 1 aliphatic carbocycles. The fourth-order valence-electron chi connectivity index (χ4n) is 2.00. The molecule has 1 heterocycles. The zero-order chi connectivity index (χ0) is 10.3. The minimum Gasteiger partial charge on any atom is -0.237 e. The molecule has 2 heteroatoms. The number of benzene rings is 1. The monoisotopic (exact) mass is 198 g/mol.